The Morgan fingerprint density at radius 2 is 2.04 bits per heavy atom. The van der Waals surface area contributed by atoms with Crippen LogP contribution in [0.2, 0.25) is 0 Å². The van der Waals surface area contributed by atoms with E-state index >= 15 is 0 Å². The molecule has 1 saturated heterocycles. The lowest BCUT2D eigenvalue weighted by Gasteiger charge is -2.15. The van der Waals surface area contributed by atoms with Crippen LogP contribution >= 0.6 is 0 Å². The molecule has 0 radical (unpaired) electrons. The molecular formula is C18H18N2O5S. The lowest BCUT2D eigenvalue weighted by molar-refractivity contribution is -0.116. The molecule has 26 heavy (non-hydrogen) atoms. The number of rotatable bonds is 4. The number of sulfonamides is 1. The Morgan fingerprint density at radius 1 is 1.23 bits per heavy atom. The van der Waals surface area contributed by atoms with E-state index in [0.29, 0.717) is 30.0 Å². The summed E-state index contributed by atoms with van der Waals surface area (Å²) in [4.78, 5) is 12.3. The molecule has 0 atom stereocenters. The second-order valence-electron chi connectivity index (χ2n) is 6.20. The van der Waals surface area contributed by atoms with Gasteiger partial charge in [0.1, 0.15) is 16.9 Å². The number of furan rings is 1. The van der Waals surface area contributed by atoms with Crippen molar-refractivity contribution < 1.29 is 22.4 Å². The van der Waals surface area contributed by atoms with E-state index < -0.39 is 15.9 Å². The molecule has 7 nitrogen and oxygen atoms in total. The van der Waals surface area contributed by atoms with Crippen molar-refractivity contribution in [3.05, 3.63) is 36.4 Å². The van der Waals surface area contributed by atoms with Crippen molar-refractivity contribution in [2.75, 3.05) is 31.3 Å². The number of benzene rings is 2. The molecule has 1 N–H and O–H groups in total. The van der Waals surface area contributed by atoms with Gasteiger partial charge in [0, 0.05) is 23.4 Å². The van der Waals surface area contributed by atoms with Gasteiger partial charge in [0.05, 0.1) is 25.1 Å². The number of carbonyl (C=O) groups is 1. The molecule has 1 amide bonds. The Kier molecular flexibility index (Phi) is 4.08. The lowest BCUT2D eigenvalue weighted by atomic mass is 10.1. The Morgan fingerprint density at radius 3 is 2.77 bits per heavy atom. The predicted octanol–water partition coefficient (Wildman–Crippen LogP) is 2.57. The summed E-state index contributed by atoms with van der Waals surface area (Å²) in [6, 6.07) is 11.2. The molecule has 0 aliphatic carbocycles. The Balaban J connectivity index is 1.65. The third-order valence-corrected chi connectivity index (χ3v) is 6.40. The van der Waals surface area contributed by atoms with Crippen LogP contribution in [-0.2, 0) is 14.8 Å². The molecule has 1 aliphatic heterocycles. The largest absolute Gasteiger partial charge is 0.495 e. The Bertz CT molecular complexity index is 1100. The van der Waals surface area contributed by atoms with Crippen molar-refractivity contribution >= 4 is 43.6 Å². The second-order valence-corrected chi connectivity index (χ2v) is 8.29. The summed E-state index contributed by atoms with van der Waals surface area (Å²) in [5.74, 6) is 0.167. The predicted molar refractivity (Wildman–Crippen MR) is 98.9 cm³/mol. The summed E-state index contributed by atoms with van der Waals surface area (Å²) in [7, 11) is -1.80. The summed E-state index contributed by atoms with van der Waals surface area (Å²) < 4.78 is 36.1. The molecular weight excluding hydrogens is 356 g/mol. The number of carbonyl (C=O) groups excluding carboxylic acids is 1. The number of ether oxygens (including phenoxy) is 1. The smallest absolute Gasteiger partial charge is 0.239 e. The third kappa shape index (κ3) is 2.91. The fraction of sp³-hybridized carbons (Fsp3) is 0.278. The quantitative estimate of drug-likeness (QED) is 0.758. The number of para-hydroxylation sites is 1. The van der Waals surface area contributed by atoms with E-state index in [2.05, 4.69) is 5.32 Å². The first-order valence-electron chi connectivity index (χ1n) is 8.25. The number of hydrogen-bond donors (Lipinski definition) is 1. The monoisotopic (exact) mass is 374 g/mol. The van der Waals surface area contributed by atoms with Gasteiger partial charge in [0.15, 0.2) is 0 Å². The summed E-state index contributed by atoms with van der Waals surface area (Å²) in [5.41, 5.74) is 1.81. The van der Waals surface area contributed by atoms with E-state index in [9.17, 15) is 13.2 Å². The molecule has 0 saturated carbocycles. The van der Waals surface area contributed by atoms with Crippen LogP contribution in [0, 0.1) is 0 Å². The average Bonchev–Trinajstić information content (AvgIpc) is 3.13. The third-order valence-electron chi connectivity index (χ3n) is 4.50. The van der Waals surface area contributed by atoms with Crippen LogP contribution in [0.1, 0.15) is 6.42 Å². The van der Waals surface area contributed by atoms with Gasteiger partial charge in [0.25, 0.3) is 0 Å². The van der Waals surface area contributed by atoms with Gasteiger partial charge in [-0.1, -0.05) is 18.2 Å². The topological polar surface area (TPSA) is 88.9 Å². The normalized spacial score (nSPS) is 17.0. The van der Waals surface area contributed by atoms with Gasteiger partial charge in [-0.3, -0.25) is 4.79 Å². The Labute approximate surface area is 150 Å². The maximum atomic E-state index is 12.3. The van der Waals surface area contributed by atoms with E-state index in [1.807, 2.05) is 30.3 Å². The van der Waals surface area contributed by atoms with E-state index in [1.54, 1.807) is 6.07 Å². The molecule has 0 spiro atoms. The first-order chi connectivity index (χ1) is 12.5. The fourth-order valence-electron chi connectivity index (χ4n) is 3.24. The van der Waals surface area contributed by atoms with Crippen LogP contribution in [0.4, 0.5) is 5.69 Å². The van der Waals surface area contributed by atoms with Crippen LogP contribution in [0.25, 0.3) is 21.9 Å². The number of hydrogen-bond acceptors (Lipinski definition) is 5. The number of nitrogens with zero attached hydrogens (tertiary/aromatic N) is 1. The standard InChI is InChI=1S/C18H18N2O5S/c1-24-17-9-13-12-5-2-3-6-15(12)25-16(13)10-14(17)19-18(21)11-20-7-4-8-26(20,22)23/h2-3,5-6,9-10H,4,7-8,11H2,1H3,(H,19,21). The minimum Gasteiger partial charge on any atom is -0.495 e. The maximum absolute atomic E-state index is 12.3. The number of nitrogens with one attached hydrogen (secondary N) is 1. The molecule has 1 fully saturated rings. The highest BCUT2D eigenvalue weighted by molar-refractivity contribution is 7.89. The SMILES string of the molecule is COc1cc2c(cc1NC(=O)CN1CCCS1(=O)=O)oc1ccccc12. The van der Waals surface area contributed by atoms with E-state index in [0.717, 1.165) is 16.4 Å². The van der Waals surface area contributed by atoms with Crippen LogP contribution in [0.3, 0.4) is 0 Å². The molecule has 1 aliphatic rings. The average molecular weight is 374 g/mol. The summed E-state index contributed by atoms with van der Waals surface area (Å²) in [5, 5.41) is 4.58. The van der Waals surface area contributed by atoms with Crippen molar-refractivity contribution in [3.63, 3.8) is 0 Å². The van der Waals surface area contributed by atoms with Crippen LogP contribution in [0.15, 0.2) is 40.8 Å². The highest BCUT2D eigenvalue weighted by Gasteiger charge is 2.30. The number of anilines is 1. The zero-order valence-electron chi connectivity index (χ0n) is 14.2. The molecule has 2 aromatic carbocycles. The zero-order valence-corrected chi connectivity index (χ0v) is 15.0. The molecule has 136 valence electrons. The molecule has 0 bridgehead atoms. The number of amides is 1. The Hall–Kier alpha value is -2.58. The van der Waals surface area contributed by atoms with Gasteiger partial charge in [-0.2, -0.15) is 4.31 Å². The second kappa shape index (κ2) is 6.30. The van der Waals surface area contributed by atoms with E-state index in [-0.39, 0.29) is 12.3 Å². The van der Waals surface area contributed by atoms with Gasteiger partial charge in [-0.25, -0.2) is 8.42 Å². The van der Waals surface area contributed by atoms with E-state index in [1.165, 1.54) is 11.4 Å². The van der Waals surface area contributed by atoms with Crippen LogP contribution in [-0.4, -0.2) is 44.6 Å². The van der Waals surface area contributed by atoms with Crippen LogP contribution in [0.5, 0.6) is 5.75 Å². The molecule has 4 rings (SSSR count). The minimum atomic E-state index is -3.32. The highest BCUT2D eigenvalue weighted by Crippen LogP contribution is 2.36. The van der Waals surface area contributed by atoms with Gasteiger partial charge >= 0.3 is 0 Å². The number of methoxy groups -OCH3 is 1. The van der Waals surface area contributed by atoms with Gasteiger partial charge in [0.2, 0.25) is 15.9 Å². The van der Waals surface area contributed by atoms with Gasteiger partial charge < -0.3 is 14.5 Å². The minimum absolute atomic E-state index is 0.0918. The van der Waals surface area contributed by atoms with Crippen molar-refractivity contribution in [3.8, 4) is 5.75 Å². The summed E-state index contributed by atoms with van der Waals surface area (Å²) in [6.07, 6.45) is 0.546. The molecule has 8 heteroatoms. The maximum Gasteiger partial charge on any atom is 0.239 e. The first kappa shape index (κ1) is 16.9. The van der Waals surface area contributed by atoms with Gasteiger partial charge in [-0.15, -0.1) is 0 Å². The zero-order chi connectivity index (χ0) is 18.3. The highest BCUT2D eigenvalue weighted by atomic mass is 32.2. The summed E-state index contributed by atoms with van der Waals surface area (Å²) in [6.45, 7) is 0.166. The molecule has 2 heterocycles. The fourth-order valence-corrected chi connectivity index (χ4v) is 4.71. The first-order valence-corrected chi connectivity index (χ1v) is 9.86. The number of fused-ring (bicyclic) bond motifs is 3. The van der Waals surface area contributed by atoms with Gasteiger partial charge in [-0.05, 0) is 18.6 Å². The molecule has 1 aromatic heterocycles. The van der Waals surface area contributed by atoms with Crippen molar-refractivity contribution in [1.29, 1.82) is 0 Å². The van der Waals surface area contributed by atoms with Crippen LogP contribution < -0.4 is 10.1 Å². The lowest BCUT2D eigenvalue weighted by Crippen LogP contribution is -2.34. The van der Waals surface area contributed by atoms with Crippen molar-refractivity contribution in [2.24, 2.45) is 0 Å². The van der Waals surface area contributed by atoms with E-state index in [4.69, 9.17) is 9.15 Å². The van der Waals surface area contributed by atoms with Crippen molar-refractivity contribution in [2.45, 2.75) is 6.42 Å². The summed E-state index contributed by atoms with van der Waals surface area (Å²) >= 11 is 0. The molecule has 0 unspecified atom stereocenters. The molecule has 3 aromatic rings. The van der Waals surface area contributed by atoms with Crippen molar-refractivity contribution in [1.82, 2.24) is 4.31 Å².